The summed E-state index contributed by atoms with van der Waals surface area (Å²) < 4.78 is 0. The molecule has 1 heterocycles. The van der Waals surface area contributed by atoms with E-state index >= 15 is 0 Å². The highest BCUT2D eigenvalue weighted by molar-refractivity contribution is 5.78. The minimum Gasteiger partial charge on any atom is -0.342 e. The number of hydrogen-bond donors (Lipinski definition) is 1. The molecule has 0 aromatic carbocycles. The van der Waals surface area contributed by atoms with Gasteiger partial charge in [0.2, 0.25) is 5.91 Å². The van der Waals surface area contributed by atoms with Crippen LogP contribution in [0.4, 0.5) is 0 Å². The van der Waals surface area contributed by atoms with Crippen molar-refractivity contribution in [3.8, 4) is 0 Å². The van der Waals surface area contributed by atoms with Crippen molar-refractivity contribution in [3.05, 3.63) is 0 Å². The summed E-state index contributed by atoms with van der Waals surface area (Å²) in [6.45, 7) is 2.47. The fraction of sp³-hybridized carbons (Fsp3) is 0.923. The highest BCUT2D eigenvalue weighted by atomic mass is 16.2. The molecule has 1 amide bonds. The summed E-state index contributed by atoms with van der Waals surface area (Å²) in [7, 11) is 1.84. The summed E-state index contributed by atoms with van der Waals surface area (Å²) in [4.78, 5) is 13.8. The SMILES string of the molecule is CNCC(=O)N1CCC2(CCCCC2)CC1. The number of carbonyl (C=O) groups excluding carboxylic acids is 1. The quantitative estimate of drug-likeness (QED) is 0.775. The lowest BCUT2D eigenvalue weighted by molar-refractivity contribution is -0.132. The molecule has 0 unspecified atom stereocenters. The summed E-state index contributed by atoms with van der Waals surface area (Å²) >= 11 is 0. The van der Waals surface area contributed by atoms with E-state index in [1.54, 1.807) is 0 Å². The minimum atomic E-state index is 0.271. The second kappa shape index (κ2) is 5.17. The van der Waals surface area contributed by atoms with Crippen LogP contribution >= 0.6 is 0 Å². The molecule has 0 atom stereocenters. The molecule has 2 aliphatic rings. The number of piperidine rings is 1. The molecule has 0 aromatic rings. The van der Waals surface area contributed by atoms with Crippen LogP contribution in [-0.2, 0) is 4.79 Å². The van der Waals surface area contributed by atoms with E-state index in [1.165, 1.54) is 44.9 Å². The second-order valence-corrected chi connectivity index (χ2v) is 5.47. The van der Waals surface area contributed by atoms with Gasteiger partial charge in [0.1, 0.15) is 0 Å². The van der Waals surface area contributed by atoms with Crippen LogP contribution < -0.4 is 5.32 Å². The van der Waals surface area contributed by atoms with Gasteiger partial charge in [-0.3, -0.25) is 4.79 Å². The van der Waals surface area contributed by atoms with Gasteiger partial charge in [-0.25, -0.2) is 0 Å². The molecule has 1 saturated carbocycles. The van der Waals surface area contributed by atoms with E-state index in [0.29, 0.717) is 12.0 Å². The first-order valence-electron chi connectivity index (χ1n) is 6.68. The maximum Gasteiger partial charge on any atom is 0.236 e. The van der Waals surface area contributed by atoms with Crippen LogP contribution in [0.25, 0.3) is 0 Å². The number of likely N-dealkylation sites (tertiary alicyclic amines) is 1. The smallest absolute Gasteiger partial charge is 0.236 e. The van der Waals surface area contributed by atoms with Gasteiger partial charge in [-0.05, 0) is 38.1 Å². The average molecular weight is 224 g/mol. The normalized spacial score (nSPS) is 24.7. The molecule has 3 heteroatoms. The Morgan fingerprint density at radius 1 is 1.12 bits per heavy atom. The zero-order valence-electron chi connectivity index (χ0n) is 10.4. The molecular weight excluding hydrogens is 200 g/mol. The highest BCUT2D eigenvalue weighted by Crippen LogP contribution is 2.44. The molecule has 16 heavy (non-hydrogen) atoms. The molecule has 1 aliphatic heterocycles. The van der Waals surface area contributed by atoms with E-state index in [-0.39, 0.29) is 5.91 Å². The molecule has 0 radical (unpaired) electrons. The molecule has 2 rings (SSSR count). The van der Waals surface area contributed by atoms with Crippen LogP contribution in [0.2, 0.25) is 0 Å². The van der Waals surface area contributed by atoms with Crippen LogP contribution in [0.1, 0.15) is 44.9 Å². The molecule has 0 bridgehead atoms. The summed E-state index contributed by atoms with van der Waals surface area (Å²) in [6, 6.07) is 0. The van der Waals surface area contributed by atoms with Gasteiger partial charge in [0.05, 0.1) is 6.54 Å². The van der Waals surface area contributed by atoms with Gasteiger partial charge in [0, 0.05) is 13.1 Å². The monoisotopic (exact) mass is 224 g/mol. The maximum absolute atomic E-state index is 11.7. The van der Waals surface area contributed by atoms with Gasteiger partial charge in [0.25, 0.3) is 0 Å². The van der Waals surface area contributed by atoms with Crippen molar-refractivity contribution in [1.82, 2.24) is 10.2 Å². The predicted octanol–water partition coefficient (Wildman–Crippen LogP) is 1.78. The van der Waals surface area contributed by atoms with Crippen LogP contribution in [-0.4, -0.2) is 37.5 Å². The molecule has 0 aromatic heterocycles. The zero-order chi connectivity index (χ0) is 11.4. The fourth-order valence-corrected chi connectivity index (χ4v) is 3.30. The van der Waals surface area contributed by atoms with Gasteiger partial charge >= 0.3 is 0 Å². The third kappa shape index (κ3) is 2.57. The Morgan fingerprint density at radius 2 is 1.75 bits per heavy atom. The molecule has 1 saturated heterocycles. The molecule has 2 fully saturated rings. The third-order valence-corrected chi connectivity index (χ3v) is 4.42. The summed E-state index contributed by atoms with van der Waals surface area (Å²) in [6.07, 6.45) is 9.52. The van der Waals surface area contributed by atoms with Crippen LogP contribution in [0.3, 0.4) is 0 Å². The predicted molar refractivity (Wildman–Crippen MR) is 65.3 cm³/mol. The van der Waals surface area contributed by atoms with E-state index in [1.807, 2.05) is 11.9 Å². The Hall–Kier alpha value is -0.570. The van der Waals surface area contributed by atoms with Crippen molar-refractivity contribution in [2.24, 2.45) is 5.41 Å². The van der Waals surface area contributed by atoms with Crippen molar-refractivity contribution in [2.45, 2.75) is 44.9 Å². The highest BCUT2D eigenvalue weighted by Gasteiger charge is 2.36. The van der Waals surface area contributed by atoms with Gasteiger partial charge in [-0.1, -0.05) is 19.3 Å². The Balaban J connectivity index is 1.83. The van der Waals surface area contributed by atoms with Crippen molar-refractivity contribution in [2.75, 3.05) is 26.7 Å². The first-order valence-corrected chi connectivity index (χ1v) is 6.68. The number of rotatable bonds is 2. The molecule has 92 valence electrons. The minimum absolute atomic E-state index is 0.271. The van der Waals surface area contributed by atoms with Crippen LogP contribution in [0.5, 0.6) is 0 Å². The molecule has 1 N–H and O–H groups in total. The first-order chi connectivity index (χ1) is 7.76. The Bertz CT molecular complexity index is 236. The first kappa shape index (κ1) is 11.9. The topological polar surface area (TPSA) is 32.3 Å². The van der Waals surface area contributed by atoms with Gasteiger partial charge in [-0.2, -0.15) is 0 Å². The molecule has 3 nitrogen and oxygen atoms in total. The van der Waals surface area contributed by atoms with Gasteiger partial charge in [-0.15, -0.1) is 0 Å². The number of nitrogens with zero attached hydrogens (tertiary/aromatic N) is 1. The Kier molecular flexibility index (Phi) is 3.85. The van der Waals surface area contributed by atoms with Crippen molar-refractivity contribution < 1.29 is 4.79 Å². The number of likely N-dealkylation sites (N-methyl/N-ethyl adjacent to an activating group) is 1. The summed E-state index contributed by atoms with van der Waals surface area (Å²) in [5.41, 5.74) is 0.606. The van der Waals surface area contributed by atoms with E-state index in [9.17, 15) is 4.79 Å². The summed E-state index contributed by atoms with van der Waals surface area (Å²) in [5, 5.41) is 2.94. The lowest BCUT2D eigenvalue weighted by Gasteiger charge is -2.44. The maximum atomic E-state index is 11.7. The number of nitrogens with one attached hydrogen (secondary N) is 1. The Morgan fingerprint density at radius 3 is 2.31 bits per heavy atom. The van der Waals surface area contributed by atoms with Gasteiger partial charge in [0.15, 0.2) is 0 Å². The largest absolute Gasteiger partial charge is 0.342 e. The molecular formula is C13H24N2O. The van der Waals surface area contributed by atoms with E-state index < -0.39 is 0 Å². The average Bonchev–Trinajstić information content (AvgIpc) is 2.31. The van der Waals surface area contributed by atoms with E-state index in [0.717, 1.165) is 13.1 Å². The molecule has 1 aliphatic carbocycles. The van der Waals surface area contributed by atoms with Gasteiger partial charge < -0.3 is 10.2 Å². The number of amides is 1. The number of hydrogen-bond acceptors (Lipinski definition) is 2. The fourth-order valence-electron chi connectivity index (χ4n) is 3.30. The summed E-state index contributed by atoms with van der Waals surface area (Å²) in [5.74, 6) is 0.271. The Labute approximate surface area is 98.6 Å². The third-order valence-electron chi connectivity index (χ3n) is 4.42. The standard InChI is InChI=1S/C13H24N2O/c1-14-11-12(16)15-9-7-13(8-10-15)5-3-2-4-6-13/h14H,2-11H2,1H3. The van der Waals surface area contributed by atoms with E-state index in [4.69, 9.17) is 0 Å². The van der Waals surface area contributed by atoms with Crippen LogP contribution in [0, 0.1) is 5.41 Å². The van der Waals surface area contributed by atoms with E-state index in [2.05, 4.69) is 5.32 Å². The lowest BCUT2D eigenvalue weighted by Crippen LogP contribution is -2.46. The molecule has 1 spiro atoms. The number of carbonyl (C=O) groups is 1. The van der Waals surface area contributed by atoms with Crippen molar-refractivity contribution >= 4 is 5.91 Å². The van der Waals surface area contributed by atoms with Crippen molar-refractivity contribution in [1.29, 1.82) is 0 Å². The van der Waals surface area contributed by atoms with Crippen molar-refractivity contribution in [3.63, 3.8) is 0 Å². The van der Waals surface area contributed by atoms with Crippen LogP contribution in [0.15, 0.2) is 0 Å². The lowest BCUT2D eigenvalue weighted by atomic mass is 9.68. The second-order valence-electron chi connectivity index (χ2n) is 5.47. The zero-order valence-corrected chi connectivity index (χ0v) is 10.4.